The first-order valence-electron chi connectivity index (χ1n) is 7.63. The molecule has 0 aliphatic carbocycles. The SMILES string of the molecule is CCCCN(Cc1ccc(C#CCCO)s1)C(C)CC. The van der Waals surface area contributed by atoms with Gasteiger partial charge in [0.15, 0.2) is 0 Å². The van der Waals surface area contributed by atoms with Gasteiger partial charge in [0, 0.05) is 23.9 Å². The number of aliphatic hydroxyl groups excluding tert-OH is 1. The van der Waals surface area contributed by atoms with Gasteiger partial charge in [-0.3, -0.25) is 4.90 Å². The molecule has 0 aromatic carbocycles. The zero-order valence-electron chi connectivity index (χ0n) is 13.0. The molecular formula is C17H27NOS. The number of unbranched alkanes of at least 4 members (excludes halogenated alkanes) is 1. The maximum atomic E-state index is 8.73. The smallest absolute Gasteiger partial charge is 0.0771 e. The van der Waals surface area contributed by atoms with Crippen molar-refractivity contribution < 1.29 is 5.11 Å². The first kappa shape index (κ1) is 17.2. The second kappa shape index (κ2) is 9.99. The molecule has 1 N–H and O–H groups in total. The summed E-state index contributed by atoms with van der Waals surface area (Å²) in [6.45, 7) is 9.16. The Morgan fingerprint density at radius 3 is 2.80 bits per heavy atom. The Kier molecular flexibility index (Phi) is 8.60. The quantitative estimate of drug-likeness (QED) is 0.735. The van der Waals surface area contributed by atoms with Gasteiger partial charge in [-0.15, -0.1) is 11.3 Å². The van der Waals surface area contributed by atoms with E-state index >= 15 is 0 Å². The van der Waals surface area contributed by atoms with E-state index in [0.717, 1.165) is 11.4 Å². The van der Waals surface area contributed by atoms with Crippen molar-refractivity contribution in [2.75, 3.05) is 13.2 Å². The minimum atomic E-state index is 0.143. The normalized spacial score (nSPS) is 12.2. The molecule has 0 aliphatic rings. The molecule has 1 aromatic rings. The number of aliphatic hydroxyl groups is 1. The van der Waals surface area contributed by atoms with Crippen LogP contribution in [0.3, 0.4) is 0 Å². The van der Waals surface area contributed by atoms with Gasteiger partial charge in [0.05, 0.1) is 11.5 Å². The summed E-state index contributed by atoms with van der Waals surface area (Å²) in [5.74, 6) is 6.10. The van der Waals surface area contributed by atoms with Gasteiger partial charge >= 0.3 is 0 Å². The average molecular weight is 293 g/mol. The Balaban J connectivity index is 2.62. The third-order valence-corrected chi connectivity index (χ3v) is 4.47. The van der Waals surface area contributed by atoms with Gasteiger partial charge < -0.3 is 5.11 Å². The molecule has 0 radical (unpaired) electrons. The molecule has 0 fully saturated rings. The van der Waals surface area contributed by atoms with Crippen molar-refractivity contribution in [2.24, 2.45) is 0 Å². The van der Waals surface area contributed by atoms with E-state index < -0.39 is 0 Å². The Bertz CT molecular complexity index is 430. The van der Waals surface area contributed by atoms with Crippen LogP contribution in [0.25, 0.3) is 0 Å². The predicted molar refractivity (Wildman–Crippen MR) is 88.0 cm³/mol. The van der Waals surface area contributed by atoms with Gasteiger partial charge in [-0.2, -0.15) is 0 Å². The number of hydrogen-bond donors (Lipinski definition) is 1. The molecule has 0 aliphatic heterocycles. The molecule has 1 unspecified atom stereocenters. The molecule has 2 nitrogen and oxygen atoms in total. The van der Waals surface area contributed by atoms with Crippen molar-refractivity contribution in [3.05, 3.63) is 21.9 Å². The fourth-order valence-electron chi connectivity index (χ4n) is 2.01. The summed E-state index contributed by atoms with van der Waals surface area (Å²) in [4.78, 5) is 5.06. The van der Waals surface area contributed by atoms with Crippen molar-refractivity contribution in [1.29, 1.82) is 0 Å². The van der Waals surface area contributed by atoms with Crippen LogP contribution in [0, 0.1) is 11.8 Å². The van der Waals surface area contributed by atoms with E-state index in [1.807, 2.05) is 0 Å². The monoisotopic (exact) mass is 293 g/mol. The fraction of sp³-hybridized carbons (Fsp3) is 0.647. The predicted octanol–water partition coefficient (Wildman–Crippen LogP) is 3.88. The standard InChI is InChI=1S/C17H27NOS/c1-4-6-12-18(15(3)5-2)14-17-11-10-16(20-17)9-7-8-13-19/h10-11,15,19H,4-6,8,12-14H2,1-3H3. The molecule has 0 spiro atoms. The molecule has 112 valence electrons. The van der Waals surface area contributed by atoms with Crippen LogP contribution >= 0.6 is 11.3 Å². The van der Waals surface area contributed by atoms with Gasteiger partial charge in [0.1, 0.15) is 0 Å². The molecule has 0 saturated heterocycles. The topological polar surface area (TPSA) is 23.5 Å². The van der Waals surface area contributed by atoms with E-state index in [-0.39, 0.29) is 6.61 Å². The lowest BCUT2D eigenvalue weighted by molar-refractivity contribution is 0.194. The summed E-state index contributed by atoms with van der Waals surface area (Å²) >= 11 is 1.78. The van der Waals surface area contributed by atoms with Crippen LogP contribution in [0.1, 0.15) is 56.2 Å². The first-order valence-corrected chi connectivity index (χ1v) is 8.45. The molecule has 1 aromatic heterocycles. The minimum absolute atomic E-state index is 0.143. The molecule has 0 saturated carbocycles. The summed E-state index contributed by atoms with van der Waals surface area (Å²) in [6.07, 6.45) is 4.26. The molecule has 20 heavy (non-hydrogen) atoms. The van der Waals surface area contributed by atoms with Crippen LogP contribution in [-0.4, -0.2) is 29.2 Å². The molecule has 0 amide bonds. The lowest BCUT2D eigenvalue weighted by Crippen LogP contribution is -2.32. The number of nitrogens with zero attached hydrogens (tertiary/aromatic N) is 1. The Hall–Kier alpha value is -0.820. The van der Waals surface area contributed by atoms with Crippen molar-refractivity contribution in [2.45, 2.75) is 59.0 Å². The van der Waals surface area contributed by atoms with E-state index in [1.165, 1.54) is 30.7 Å². The largest absolute Gasteiger partial charge is 0.395 e. The average Bonchev–Trinajstić information content (AvgIpc) is 2.90. The summed E-state index contributed by atoms with van der Waals surface area (Å²) in [6, 6.07) is 4.92. The van der Waals surface area contributed by atoms with E-state index in [2.05, 4.69) is 49.6 Å². The number of rotatable bonds is 8. The summed E-state index contributed by atoms with van der Waals surface area (Å²) < 4.78 is 0. The number of hydrogen-bond acceptors (Lipinski definition) is 3. The molecule has 3 heteroatoms. The Labute approximate surface area is 127 Å². The maximum Gasteiger partial charge on any atom is 0.0771 e. The highest BCUT2D eigenvalue weighted by Gasteiger charge is 2.13. The molecular weight excluding hydrogens is 266 g/mol. The summed E-state index contributed by atoms with van der Waals surface area (Å²) in [7, 11) is 0. The van der Waals surface area contributed by atoms with Crippen LogP contribution in [0.4, 0.5) is 0 Å². The first-order chi connectivity index (χ1) is 9.71. The van der Waals surface area contributed by atoms with Crippen LogP contribution in [-0.2, 0) is 6.54 Å². The summed E-state index contributed by atoms with van der Waals surface area (Å²) in [5, 5.41) is 8.73. The van der Waals surface area contributed by atoms with Crippen LogP contribution in [0.2, 0.25) is 0 Å². The van der Waals surface area contributed by atoms with Crippen molar-refractivity contribution in [3.63, 3.8) is 0 Å². The van der Waals surface area contributed by atoms with Crippen LogP contribution < -0.4 is 0 Å². The van der Waals surface area contributed by atoms with Crippen molar-refractivity contribution in [3.8, 4) is 11.8 Å². The minimum Gasteiger partial charge on any atom is -0.395 e. The second-order valence-corrected chi connectivity index (χ2v) is 6.29. The van der Waals surface area contributed by atoms with Crippen molar-refractivity contribution in [1.82, 2.24) is 4.90 Å². The van der Waals surface area contributed by atoms with Gasteiger partial charge in [0.2, 0.25) is 0 Å². The van der Waals surface area contributed by atoms with Crippen molar-refractivity contribution >= 4 is 11.3 Å². The van der Waals surface area contributed by atoms with E-state index in [0.29, 0.717) is 12.5 Å². The maximum absolute atomic E-state index is 8.73. The summed E-state index contributed by atoms with van der Waals surface area (Å²) in [5.41, 5.74) is 0. The van der Waals surface area contributed by atoms with E-state index in [1.54, 1.807) is 11.3 Å². The van der Waals surface area contributed by atoms with Gasteiger partial charge in [-0.05, 0) is 38.4 Å². The highest BCUT2D eigenvalue weighted by Crippen LogP contribution is 2.19. The van der Waals surface area contributed by atoms with E-state index in [4.69, 9.17) is 5.11 Å². The van der Waals surface area contributed by atoms with Gasteiger partial charge in [-0.1, -0.05) is 32.1 Å². The lowest BCUT2D eigenvalue weighted by Gasteiger charge is -2.27. The van der Waals surface area contributed by atoms with Crippen LogP contribution in [0.15, 0.2) is 12.1 Å². The number of thiophene rings is 1. The lowest BCUT2D eigenvalue weighted by atomic mass is 10.2. The molecule has 0 bridgehead atoms. The highest BCUT2D eigenvalue weighted by atomic mass is 32.1. The highest BCUT2D eigenvalue weighted by molar-refractivity contribution is 7.12. The Morgan fingerprint density at radius 1 is 1.35 bits per heavy atom. The molecule has 1 heterocycles. The second-order valence-electron chi connectivity index (χ2n) is 5.12. The molecule has 1 atom stereocenters. The Morgan fingerprint density at radius 2 is 2.15 bits per heavy atom. The zero-order chi connectivity index (χ0) is 14.8. The third-order valence-electron chi connectivity index (χ3n) is 3.48. The van der Waals surface area contributed by atoms with Gasteiger partial charge in [-0.25, -0.2) is 0 Å². The van der Waals surface area contributed by atoms with E-state index in [9.17, 15) is 0 Å². The zero-order valence-corrected chi connectivity index (χ0v) is 13.8. The fourth-order valence-corrected chi connectivity index (χ4v) is 2.92. The van der Waals surface area contributed by atoms with Gasteiger partial charge in [0.25, 0.3) is 0 Å². The third kappa shape index (κ3) is 6.09. The van der Waals surface area contributed by atoms with Crippen LogP contribution in [0.5, 0.6) is 0 Å². The molecule has 1 rings (SSSR count).